The highest BCUT2D eigenvalue weighted by Gasteiger charge is 2.36. The van der Waals surface area contributed by atoms with Crippen LogP contribution in [0, 0.1) is 0 Å². The maximum Gasteiger partial charge on any atom is 0.339 e. The van der Waals surface area contributed by atoms with Gasteiger partial charge in [0, 0.05) is 6.42 Å². The summed E-state index contributed by atoms with van der Waals surface area (Å²) in [6.07, 6.45) is 1.98. The summed E-state index contributed by atoms with van der Waals surface area (Å²) < 4.78 is 0.593. The topological polar surface area (TPSA) is 70.0 Å². The standard InChI is InChI=1S/C7H10N2O3S3/c1-14-7-8-9(4(10)2-3-13)5(15-7)6(11)12/h5,13H,2-3H2,1H3,(H,11,12). The molecule has 0 spiro atoms. The molecule has 0 saturated carbocycles. The van der Waals surface area contributed by atoms with Gasteiger partial charge in [0.25, 0.3) is 0 Å². The molecule has 1 N–H and O–H groups in total. The fraction of sp³-hybridized carbons (Fsp3) is 0.571. The molecular weight excluding hydrogens is 256 g/mol. The maximum atomic E-state index is 11.5. The Balaban J connectivity index is 2.77. The number of carboxylic acids is 1. The van der Waals surface area contributed by atoms with Gasteiger partial charge in [-0.15, -0.1) is 11.8 Å². The number of thioether (sulfide) groups is 2. The molecule has 0 bridgehead atoms. The van der Waals surface area contributed by atoms with Gasteiger partial charge in [0.15, 0.2) is 4.38 Å². The zero-order chi connectivity index (χ0) is 11.4. The third-order valence-electron chi connectivity index (χ3n) is 1.59. The van der Waals surface area contributed by atoms with Crippen molar-refractivity contribution < 1.29 is 14.7 Å². The van der Waals surface area contributed by atoms with Crippen LogP contribution in [0.3, 0.4) is 0 Å². The molecule has 1 unspecified atom stereocenters. The highest BCUT2D eigenvalue weighted by atomic mass is 32.2. The summed E-state index contributed by atoms with van der Waals surface area (Å²) in [5.41, 5.74) is 0. The van der Waals surface area contributed by atoms with Crippen LogP contribution in [-0.4, -0.2) is 43.8 Å². The third kappa shape index (κ3) is 3.05. The monoisotopic (exact) mass is 266 g/mol. The number of rotatable bonds is 3. The Hall–Kier alpha value is -0.340. The lowest BCUT2D eigenvalue weighted by molar-refractivity contribution is -0.145. The number of carbonyl (C=O) groups is 2. The van der Waals surface area contributed by atoms with Crippen LogP contribution in [0.5, 0.6) is 0 Å². The molecule has 15 heavy (non-hydrogen) atoms. The Morgan fingerprint density at radius 3 is 2.87 bits per heavy atom. The van der Waals surface area contributed by atoms with Crippen LogP contribution in [0.25, 0.3) is 0 Å². The summed E-state index contributed by atoms with van der Waals surface area (Å²) in [4.78, 5) is 22.4. The lowest BCUT2D eigenvalue weighted by atomic mass is 10.4. The quantitative estimate of drug-likeness (QED) is 0.744. The number of amides is 1. The second-order valence-corrected chi connectivity index (χ2v) is 5.16. The van der Waals surface area contributed by atoms with E-state index < -0.39 is 11.3 Å². The van der Waals surface area contributed by atoms with Crippen LogP contribution >= 0.6 is 36.2 Å². The summed E-state index contributed by atoms with van der Waals surface area (Å²) in [5, 5.41) is 12.9. The minimum atomic E-state index is -1.06. The first-order chi connectivity index (χ1) is 7.10. The largest absolute Gasteiger partial charge is 0.479 e. The molecule has 0 aromatic heterocycles. The first-order valence-corrected chi connectivity index (χ1v) is 6.78. The number of hydrazone groups is 1. The lowest BCUT2D eigenvalue weighted by Gasteiger charge is -2.16. The molecule has 0 fully saturated rings. The Bertz CT molecular complexity index is 308. The molecule has 1 rings (SSSR count). The van der Waals surface area contributed by atoms with E-state index in [9.17, 15) is 9.59 Å². The molecular formula is C7H10N2O3S3. The van der Waals surface area contributed by atoms with Crippen LogP contribution in [0.2, 0.25) is 0 Å². The number of hydrogen-bond acceptors (Lipinski definition) is 6. The van der Waals surface area contributed by atoms with E-state index in [-0.39, 0.29) is 12.3 Å². The van der Waals surface area contributed by atoms with Crippen molar-refractivity contribution in [3.8, 4) is 0 Å². The summed E-state index contributed by atoms with van der Waals surface area (Å²) in [5.74, 6) is -0.981. The third-order valence-corrected chi connectivity index (χ3v) is 3.94. The van der Waals surface area contributed by atoms with Gasteiger partial charge >= 0.3 is 5.97 Å². The predicted molar refractivity (Wildman–Crippen MR) is 65.3 cm³/mol. The lowest BCUT2D eigenvalue weighted by Crippen LogP contribution is -2.36. The van der Waals surface area contributed by atoms with Crippen molar-refractivity contribution in [3.05, 3.63) is 0 Å². The van der Waals surface area contributed by atoms with Crippen molar-refractivity contribution in [2.75, 3.05) is 12.0 Å². The predicted octanol–water partition coefficient (Wildman–Crippen LogP) is 0.926. The van der Waals surface area contributed by atoms with E-state index >= 15 is 0 Å². The van der Waals surface area contributed by atoms with E-state index in [1.54, 1.807) is 6.26 Å². The van der Waals surface area contributed by atoms with Crippen molar-refractivity contribution in [2.24, 2.45) is 5.10 Å². The average Bonchev–Trinajstić information content (AvgIpc) is 2.61. The van der Waals surface area contributed by atoms with Crippen LogP contribution in [-0.2, 0) is 9.59 Å². The molecule has 0 radical (unpaired) electrons. The molecule has 1 amide bonds. The Morgan fingerprint density at radius 2 is 2.40 bits per heavy atom. The number of carboxylic acid groups (broad SMARTS) is 1. The summed E-state index contributed by atoms with van der Waals surface area (Å²) in [6, 6.07) is 0. The highest BCUT2D eigenvalue weighted by Crippen LogP contribution is 2.31. The molecule has 1 aliphatic heterocycles. The molecule has 8 heteroatoms. The smallest absolute Gasteiger partial charge is 0.339 e. The van der Waals surface area contributed by atoms with Crippen molar-refractivity contribution in [2.45, 2.75) is 11.8 Å². The number of nitrogens with zero attached hydrogens (tertiary/aromatic N) is 2. The molecule has 5 nitrogen and oxygen atoms in total. The van der Waals surface area contributed by atoms with Crippen molar-refractivity contribution in [1.82, 2.24) is 5.01 Å². The van der Waals surface area contributed by atoms with E-state index in [1.807, 2.05) is 0 Å². The van der Waals surface area contributed by atoms with Gasteiger partial charge in [-0.2, -0.15) is 17.7 Å². The fourth-order valence-electron chi connectivity index (χ4n) is 0.950. The van der Waals surface area contributed by atoms with Gasteiger partial charge in [-0.05, 0) is 12.0 Å². The van der Waals surface area contributed by atoms with Gasteiger partial charge in [0.1, 0.15) is 0 Å². The number of carbonyl (C=O) groups excluding carboxylic acids is 1. The number of thiol groups is 1. The van der Waals surface area contributed by atoms with Crippen molar-refractivity contribution >= 4 is 52.4 Å². The Kier molecular flexibility index (Phi) is 4.81. The molecule has 0 saturated heterocycles. The fourth-order valence-corrected chi connectivity index (χ4v) is 2.66. The van der Waals surface area contributed by atoms with E-state index in [0.29, 0.717) is 10.1 Å². The van der Waals surface area contributed by atoms with Gasteiger partial charge in [0.05, 0.1) is 0 Å². The van der Waals surface area contributed by atoms with Crippen molar-refractivity contribution in [3.63, 3.8) is 0 Å². The van der Waals surface area contributed by atoms with Crippen LogP contribution in [0.4, 0.5) is 0 Å². The maximum absolute atomic E-state index is 11.5. The molecule has 0 aromatic rings. The summed E-state index contributed by atoms with van der Waals surface area (Å²) in [6.45, 7) is 0. The van der Waals surface area contributed by atoms with E-state index in [4.69, 9.17) is 5.11 Å². The van der Waals surface area contributed by atoms with E-state index in [2.05, 4.69) is 17.7 Å². The molecule has 0 aliphatic carbocycles. The second-order valence-electron chi connectivity index (χ2n) is 2.59. The van der Waals surface area contributed by atoms with Gasteiger partial charge in [-0.25, -0.2) is 9.80 Å². The van der Waals surface area contributed by atoms with E-state index in [1.165, 1.54) is 11.8 Å². The van der Waals surface area contributed by atoms with Gasteiger partial charge in [0.2, 0.25) is 11.3 Å². The van der Waals surface area contributed by atoms with Crippen LogP contribution < -0.4 is 0 Å². The van der Waals surface area contributed by atoms with Gasteiger partial charge in [-0.3, -0.25) is 4.79 Å². The second kappa shape index (κ2) is 5.66. The minimum Gasteiger partial charge on any atom is -0.479 e. The van der Waals surface area contributed by atoms with Crippen LogP contribution in [0.1, 0.15) is 6.42 Å². The summed E-state index contributed by atoms with van der Waals surface area (Å²) >= 11 is 6.33. The van der Waals surface area contributed by atoms with E-state index in [0.717, 1.165) is 16.8 Å². The molecule has 1 heterocycles. The molecule has 1 atom stereocenters. The van der Waals surface area contributed by atoms with Gasteiger partial charge < -0.3 is 5.11 Å². The first kappa shape index (κ1) is 12.7. The zero-order valence-corrected chi connectivity index (χ0v) is 10.4. The minimum absolute atomic E-state index is 0.193. The number of hydrogen-bond donors (Lipinski definition) is 2. The Morgan fingerprint density at radius 1 is 1.73 bits per heavy atom. The summed E-state index contributed by atoms with van der Waals surface area (Å²) in [7, 11) is 0. The average molecular weight is 266 g/mol. The first-order valence-electron chi connectivity index (χ1n) is 4.05. The SMILES string of the molecule is CSC1=NN(C(=O)CCS)C(C(=O)O)S1. The van der Waals surface area contributed by atoms with Crippen LogP contribution in [0.15, 0.2) is 5.10 Å². The normalized spacial score (nSPS) is 20.3. The number of aliphatic carboxylic acids is 1. The molecule has 1 aliphatic rings. The molecule has 0 aromatic carbocycles. The highest BCUT2D eigenvalue weighted by molar-refractivity contribution is 8.39. The Labute approximate surface area is 101 Å². The van der Waals surface area contributed by atoms with Gasteiger partial charge in [-0.1, -0.05) is 11.8 Å². The molecule has 84 valence electrons. The zero-order valence-electron chi connectivity index (χ0n) is 7.91. The van der Waals surface area contributed by atoms with Crippen molar-refractivity contribution in [1.29, 1.82) is 0 Å².